The Bertz CT molecular complexity index is 1300. The van der Waals surface area contributed by atoms with Crippen LogP contribution in [0.25, 0.3) is 0 Å². The van der Waals surface area contributed by atoms with E-state index in [1.807, 2.05) is 0 Å². The van der Waals surface area contributed by atoms with E-state index in [0.717, 1.165) is 8.95 Å². The number of carbonyl (C=O) groups excluding carboxylic acids is 3. The molecule has 0 aliphatic carbocycles. The Labute approximate surface area is 229 Å². The molecule has 0 radical (unpaired) electrons. The molecular formula is C25H20Br2N4O4S. The molecule has 0 spiro atoms. The van der Waals surface area contributed by atoms with Crippen LogP contribution < -0.4 is 20.4 Å². The molecule has 11 heteroatoms. The first-order valence-corrected chi connectivity index (χ1v) is 12.7. The molecule has 184 valence electrons. The minimum Gasteiger partial charge on any atom is -0.497 e. The molecule has 0 bridgehead atoms. The van der Waals surface area contributed by atoms with Crippen LogP contribution in [0.2, 0.25) is 0 Å². The maximum atomic E-state index is 13.5. The van der Waals surface area contributed by atoms with Gasteiger partial charge in [-0.05, 0) is 85.0 Å². The monoisotopic (exact) mass is 630 g/mol. The highest BCUT2D eigenvalue weighted by Crippen LogP contribution is 2.28. The minimum absolute atomic E-state index is 0.0528. The number of nitrogens with zero attached hydrogens (tertiary/aromatic N) is 2. The van der Waals surface area contributed by atoms with Crippen LogP contribution in [0.3, 0.4) is 0 Å². The van der Waals surface area contributed by atoms with Crippen molar-refractivity contribution in [1.29, 1.82) is 0 Å². The molecule has 3 aromatic rings. The average Bonchev–Trinajstić information content (AvgIpc) is 3.09. The molecule has 1 aliphatic heterocycles. The molecular weight excluding hydrogens is 612 g/mol. The summed E-state index contributed by atoms with van der Waals surface area (Å²) in [5, 5.41) is 4.10. The lowest BCUT2D eigenvalue weighted by molar-refractivity contribution is -0.124. The van der Waals surface area contributed by atoms with Gasteiger partial charge in [-0.1, -0.05) is 31.9 Å². The fraction of sp³-hybridized carbons (Fsp3) is 0.120. The summed E-state index contributed by atoms with van der Waals surface area (Å²) in [6.07, 6.45) is -0.234. The van der Waals surface area contributed by atoms with Gasteiger partial charge in [0.05, 0.1) is 19.2 Å². The molecule has 3 amide bonds. The molecule has 1 heterocycles. The van der Waals surface area contributed by atoms with Gasteiger partial charge in [-0.15, -0.1) is 0 Å². The van der Waals surface area contributed by atoms with Gasteiger partial charge in [-0.25, -0.2) is 5.01 Å². The summed E-state index contributed by atoms with van der Waals surface area (Å²) in [6, 6.07) is 19.5. The van der Waals surface area contributed by atoms with Gasteiger partial charge >= 0.3 is 0 Å². The fourth-order valence-electron chi connectivity index (χ4n) is 3.56. The number of ether oxygens (including phenoxy) is 1. The van der Waals surface area contributed by atoms with E-state index < -0.39 is 23.8 Å². The second-order valence-electron chi connectivity index (χ2n) is 7.75. The van der Waals surface area contributed by atoms with Crippen LogP contribution in [-0.2, 0) is 9.59 Å². The fourth-order valence-corrected chi connectivity index (χ4v) is 4.46. The lowest BCUT2D eigenvalue weighted by atomic mass is 10.1. The molecule has 8 nitrogen and oxygen atoms in total. The quantitative estimate of drug-likeness (QED) is 0.361. The van der Waals surface area contributed by atoms with Crippen molar-refractivity contribution < 1.29 is 19.1 Å². The molecule has 4 rings (SSSR count). The lowest BCUT2D eigenvalue weighted by Gasteiger charge is -2.24. The van der Waals surface area contributed by atoms with Crippen LogP contribution >= 0.6 is 44.1 Å². The number of amides is 3. The number of hydrazine groups is 1. The van der Waals surface area contributed by atoms with Gasteiger partial charge in [0.2, 0.25) is 11.0 Å². The Morgan fingerprint density at radius 3 is 2.11 bits per heavy atom. The van der Waals surface area contributed by atoms with Crippen molar-refractivity contribution in [3.8, 4) is 5.75 Å². The standard InChI is InChI=1S/C25H20Br2N4O4S/c1-35-20-12-10-19(11-13-20)30-24(34)21(14-22(32)28-18-8-6-17(27)7-9-18)31(25(30)36)29-23(33)15-2-4-16(26)5-3-15/h2-13,21H,14H2,1H3,(H,28,32)(H,29,33). The Kier molecular flexibility index (Phi) is 8.02. The molecule has 1 aliphatic rings. The van der Waals surface area contributed by atoms with Crippen molar-refractivity contribution in [2.75, 3.05) is 17.3 Å². The van der Waals surface area contributed by atoms with E-state index in [1.165, 1.54) is 9.91 Å². The third-order valence-electron chi connectivity index (χ3n) is 5.38. The van der Waals surface area contributed by atoms with Crippen LogP contribution in [0.1, 0.15) is 16.8 Å². The zero-order valence-electron chi connectivity index (χ0n) is 18.9. The highest BCUT2D eigenvalue weighted by atomic mass is 79.9. The predicted molar refractivity (Wildman–Crippen MR) is 148 cm³/mol. The lowest BCUT2D eigenvalue weighted by Crippen LogP contribution is -2.49. The van der Waals surface area contributed by atoms with Gasteiger partial charge in [0, 0.05) is 20.2 Å². The number of anilines is 2. The summed E-state index contributed by atoms with van der Waals surface area (Å²) in [6.45, 7) is 0. The number of halogens is 2. The molecule has 0 aromatic heterocycles. The van der Waals surface area contributed by atoms with Crippen LogP contribution in [0.4, 0.5) is 11.4 Å². The molecule has 1 fully saturated rings. The second kappa shape index (κ2) is 11.2. The van der Waals surface area contributed by atoms with Crippen LogP contribution in [0.5, 0.6) is 5.75 Å². The number of hydrogen-bond donors (Lipinski definition) is 2. The summed E-state index contributed by atoms with van der Waals surface area (Å²) in [7, 11) is 1.54. The van der Waals surface area contributed by atoms with E-state index in [0.29, 0.717) is 22.7 Å². The number of rotatable bonds is 7. The highest BCUT2D eigenvalue weighted by Gasteiger charge is 2.45. The molecule has 3 aromatic carbocycles. The molecule has 36 heavy (non-hydrogen) atoms. The second-order valence-corrected chi connectivity index (χ2v) is 9.94. The van der Waals surface area contributed by atoms with E-state index in [4.69, 9.17) is 17.0 Å². The van der Waals surface area contributed by atoms with Gasteiger partial charge in [0.25, 0.3) is 11.8 Å². The molecule has 0 saturated carbocycles. The van der Waals surface area contributed by atoms with Crippen molar-refractivity contribution in [2.45, 2.75) is 12.5 Å². The zero-order valence-corrected chi connectivity index (χ0v) is 22.9. The predicted octanol–water partition coefficient (Wildman–Crippen LogP) is 4.90. The highest BCUT2D eigenvalue weighted by molar-refractivity contribution is 9.10. The van der Waals surface area contributed by atoms with Crippen molar-refractivity contribution in [3.63, 3.8) is 0 Å². The van der Waals surface area contributed by atoms with E-state index in [2.05, 4.69) is 42.6 Å². The number of benzene rings is 3. The average molecular weight is 632 g/mol. The Morgan fingerprint density at radius 2 is 1.53 bits per heavy atom. The molecule has 1 atom stereocenters. The van der Waals surface area contributed by atoms with Crippen molar-refractivity contribution in [1.82, 2.24) is 10.4 Å². The van der Waals surface area contributed by atoms with Crippen molar-refractivity contribution in [3.05, 3.63) is 87.3 Å². The normalized spacial score (nSPS) is 15.1. The number of nitrogens with one attached hydrogen (secondary N) is 2. The molecule has 1 unspecified atom stereocenters. The Hall–Kier alpha value is -3.28. The first-order chi connectivity index (χ1) is 17.3. The smallest absolute Gasteiger partial charge is 0.269 e. The Morgan fingerprint density at radius 1 is 0.944 bits per heavy atom. The maximum absolute atomic E-state index is 13.5. The van der Waals surface area contributed by atoms with Gasteiger partial charge < -0.3 is 10.1 Å². The third-order valence-corrected chi connectivity index (χ3v) is 6.82. The largest absolute Gasteiger partial charge is 0.497 e. The van der Waals surface area contributed by atoms with Gasteiger partial charge in [-0.2, -0.15) is 0 Å². The molecule has 1 saturated heterocycles. The van der Waals surface area contributed by atoms with Gasteiger partial charge in [-0.3, -0.25) is 24.7 Å². The number of carbonyl (C=O) groups is 3. The number of thiocarbonyl (C=S) groups is 1. The first-order valence-electron chi connectivity index (χ1n) is 10.7. The van der Waals surface area contributed by atoms with E-state index in [1.54, 1.807) is 79.9 Å². The van der Waals surface area contributed by atoms with Crippen molar-refractivity contribution >= 4 is 78.3 Å². The van der Waals surface area contributed by atoms with Gasteiger partial charge in [0.1, 0.15) is 11.8 Å². The summed E-state index contributed by atoms with van der Waals surface area (Å²) < 4.78 is 6.88. The summed E-state index contributed by atoms with van der Waals surface area (Å²) in [5.74, 6) is -0.695. The first kappa shape index (κ1) is 25.8. The number of hydrogen-bond acceptors (Lipinski definition) is 5. The van der Waals surface area contributed by atoms with Crippen LogP contribution in [0, 0.1) is 0 Å². The van der Waals surface area contributed by atoms with Crippen LogP contribution in [-0.4, -0.2) is 41.0 Å². The topological polar surface area (TPSA) is 91.0 Å². The van der Waals surface area contributed by atoms with E-state index >= 15 is 0 Å². The maximum Gasteiger partial charge on any atom is 0.269 e. The van der Waals surface area contributed by atoms with Crippen molar-refractivity contribution in [2.24, 2.45) is 0 Å². The summed E-state index contributed by atoms with van der Waals surface area (Å²) in [4.78, 5) is 40.6. The van der Waals surface area contributed by atoms with Crippen LogP contribution in [0.15, 0.2) is 81.7 Å². The number of methoxy groups -OCH3 is 1. The van der Waals surface area contributed by atoms with E-state index in [9.17, 15) is 14.4 Å². The minimum atomic E-state index is -1.05. The summed E-state index contributed by atoms with van der Waals surface area (Å²) >= 11 is 12.3. The Balaban J connectivity index is 1.59. The summed E-state index contributed by atoms with van der Waals surface area (Å²) in [5.41, 5.74) is 4.15. The third kappa shape index (κ3) is 5.75. The van der Waals surface area contributed by atoms with Gasteiger partial charge in [0.15, 0.2) is 0 Å². The SMILES string of the molecule is COc1ccc(N2C(=O)C(CC(=O)Nc3ccc(Br)cc3)N(NC(=O)c3ccc(Br)cc3)C2=S)cc1. The van der Waals surface area contributed by atoms with E-state index in [-0.39, 0.29) is 11.5 Å². The molecule has 2 N–H and O–H groups in total. The zero-order chi connectivity index (χ0) is 25.8.